The third-order valence-corrected chi connectivity index (χ3v) is 4.88. The van der Waals surface area contributed by atoms with E-state index < -0.39 is 0 Å². The predicted octanol–water partition coefficient (Wildman–Crippen LogP) is 5.19. The molecule has 140 valence electrons. The summed E-state index contributed by atoms with van der Waals surface area (Å²) in [4.78, 5) is 8.76. The first-order valence-electron chi connectivity index (χ1n) is 9.25. The van der Waals surface area contributed by atoms with Crippen LogP contribution in [0.25, 0.3) is 10.9 Å². The largest absolute Gasteiger partial charge is 0.380 e. The van der Waals surface area contributed by atoms with Crippen LogP contribution in [0.5, 0.6) is 0 Å². The molecule has 5 heteroatoms. The summed E-state index contributed by atoms with van der Waals surface area (Å²) in [5.41, 5.74) is 5.52. The van der Waals surface area contributed by atoms with Gasteiger partial charge in [-0.1, -0.05) is 41.9 Å². The second-order valence-corrected chi connectivity index (χ2v) is 7.00. The van der Waals surface area contributed by atoms with Crippen molar-refractivity contribution in [2.24, 2.45) is 0 Å². The Morgan fingerprint density at radius 2 is 1.57 bits per heavy atom. The second-order valence-electron chi connectivity index (χ2n) is 6.57. The number of rotatable bonds is 7. The number of benzene rings is 2. The van der Waals surface area contributed by atoms with Crippen LogP contribution in [0.15, 0.2) is 79.1 Å². The minimum atomic E-state index is 0.696. The lowest BCUT2D eigenvalue weighted by molar-refractivity contribution is 0.675. The lowest BCUT2D eigenvalue weighted by Gasteiger charge is -2.13. The summed E-state index contributed by atoms with van der Waals surface area (Å²) in [6.07, 6.45) is 3.63. The minimum Gasteiger partial charge on any atom is -0.380 e. The van der Waals surface area contributed by atoms with Gasteiger partial charge in [0.25, 0.3) is 0 Å². The summed E-state index contributed by atoms with van der Waals surface area (Å²) in [6, 6.07) is 22.2. The number of aromatic nitrogens is 2. The molecule has 0 fully saturated rings. The summed E-state index contributed by atoms with van der Waals surface area (Å²) >= 11 is 6.09. The number of pyridine rings is 2. The topological polar surface area (TPSA) is 49.8 Å². The molecule has 0 amide bonds. The lowest BCUT2D eigenvalue weighted by Crippen LogP contribution is -2.15. The van der Waals surface area contributed by atoms with Crippen LogP contribution in [0.3, 0.4) is 0 Å². The Hall–Kier alpha value is -2.95. The molecule has 4 aromatic rings. The van der Waals surface area contributed by atoms with Gasteiger partial charge in [-0.05, 0) is 47.5 Å². The van der Waals surface area contributed by atoms with Crippen LogP contribution in [-0.2, 0) is 19.6 Å². The van der Waals surface area contributed by atoms with Crippen molar-refractivity contribution in [3.63, 3.8) is 0 Å². The maximum atomic E-state index is 6.09. The Bertz CT molecular complexity index is 1070. The lowest BCUT2D eigenvalue weighted by atomic mass is 10.1. The molecule has 2 N–H and O–H groups in total. The summed E-state index contributed by atoms with van der Waals surface area (Å²) < 4.78 is 0. The number of nitrogens with one attached hydrogen (secondary N) is 2. The molecule has 0 atom stereocenters. The Morgan fingerprint density at radius 1 is 0.750 bits per heavy atom. The van der Waals surface area contributed by atoms with E-state index in [2.05, 4.69) is 44.9 Å². The van der Waals surface area contributed by atoms with E-state index >= 15 is 0 Å². The van der Waals surface area contributed by atoms with E-state index in [-0.39, 0.29) is 0 Å². The molecule has 0 radical (unpaired) electrons. The van der Waals surface area contributed by atoms with Crippen molar-refractivity contribution in [2.45, 2.75) is 19.6 Å². The van der Waals surface area contributed by atoms with Crippen LogP contribution in [0.1, 0.15) is 16.8 Å². The van der Waals surface area contributed by atoms with Crippen molar-refractivity contribution in [1.29, 1.82) is 0 Å². The third kappa shape index (κ3) is 4.47. The molecule has 2 aromatic carbocycles. The second kappa shape index (κ2) is 8.83. The smallest absolute Gasteiger partial charge is 0.0737 e. The van der Waals surface area contributed by atoms with Crippen LogP contribution in [0, 0.1) is 0 Å². The highest BCUT2D eigenvalue weighted by Gasteiger charge is 2.05. The van der Waals surface area contributed by atoms with E-state index in [4.69, 9.17) is 11.6 Å². The van der Waals surface area contributed by atoms with Gasteiger partial charge >= 0.3 is 0 Å². The van der Waals surface area contributed by atoms with E-state index in [0.29, 0.717) is 5.02 Å². The van der Waals surface area contributed by atoms with E-state index in [0.717, 1.165) is 41.9 Å². The van der Waals surface area contributed by atoms with Crippen LogP contribution in [0.4, 0.5) is 5.69 Å². The van der Waals surface area contributed by atoms with Crippen LogP contribution in [-0.4, -0.2) is 9.97 Å². The molecule has 0 saturated carbocycles. The standard InChI is InChI=1S/C23H21ClN4/c24-19-8-9-21-22(10-12-27-23(21)13-19)28-15-18-6-2-1-5-17(18)14-25-16-20-7-3-4-11-26-20/h1-13,25H,14-16H2,(H,27,28). The fourth-order valence-electron chi connectivity index (χ4n) is 3.20. The average Bonchev–Trinajstić information content (AvgIpc) is 2.73. The van der Waals surface area contributed by atoms with Crippen LogP contribution < -0.4 is 10.6 Å². The maximum absolute atomic E-state index is 6.09. The molecule has 0 saturated heterocycles. The highest BCUT2D eigenvalue weighted by atomic mass is 35.5. The van der Waals surface area contributed by atoms with Crippen molar-refractivity contribution >= 4 is 28.2 Å². The molecule has 28 heavy (non-hydrogen) atoms. The monoisotopic (exact) mass is 388 g/mol. The summed E-state index contributed by atoms with van der Waals surface area (Å²) in [5.74, 6) is 0. The molecular formula is C23H21ClN4. The van der Waals surface area contributed by atoms with Crippen molar-refractivity contribution < 1.29 is 0 Å². The third-order valence-electron chi connectivity index (χ3n) is 4.64. The fraction of sp³-hybridized carbons (Fsp3) is 0.130. The number of anilines is 1. The Balaban J connectivity index is 1.44. The van der Waals surface area contributed by atoms with E-state index in [9.17, 15) is 0 Å². The number of hydrogen-bond acceptors (Lipinski definition) is 4. The Labute approximate surface area is 169 Å². The first kappa shape index (κ1) is 18.4. The van der Waals surface area contributed by atoms with Crippen LogP contribution in [0.2, 0.25) is 5.02 Å². The van der Waals surface area contributed by atoms with Gasteiger partial charge in [0.2, 0.25) is 0 Å². The average molecular weight is 389 g/mol. The summed E-state index contributed by atoms with van der Waals surface area (Å²) in [6.45, 7) is 2.28. The zero-order chi connectivity index (χ0) is 19.2. The number of fused-ring (bicyclic) bond motifs is 1. The number of nitrogens with zero attached hydrogens (tertiary/aromatic N) is 2. The van der Waals surface area contributed by atoms with E-state index in [1.807, 2.05) is 48.7 Å². The van der Waals surface area contributed by atoms with Gasteiger partial charge in [-0.3, -0.25) is 9.97 Å². The van der Waals surface area contributed by atoms with Gasteiger partial charge in [0.05, 0.1) is 11.2 Å². The van der Waals surface area contributed by atoms with Gasteiger partial charge in [0.15, 0.2) is 0 Å². The van der Waals surface area contributed by atoms with Gasteiger partial charge in [-0.25, -0.2) is 0 Å². The molecule has 0 bridgehead atoms. The van der Waals surface area contributed by atoms with Crippen molar-refractivity contribution in [3.8, 4) is 0 Å². The highest BCUT2D eigenvalue weighted by molar-refractivity contribution is 6.31. The quantitative estimate of drug-likeness (QED) is 0.457. The molecule has 0 aliphatic carbocycles. The zero-order valence-electron chi connectivity index (χ0n) is 15.4. The normalized spacial score (nSPS) is 10.9. The molecule has 0 unspecified atom stereocenters. The van der Waals surface area contributed by atoms with Crippen molar-refractivity contribution in [2.75, 3.05) is 5.32 Å². The van der Waals surface area contributed by atoms with Gasteiger partial charge in [-0.2, -0.15) is 0 Å². The molecule has 4 nitrogen and oxygen atoms in total. The first-order chi connectivity index (χ1) is 13.8. The predicted molar refractivity (Wildman–Crippen MR) is 115 cm³/mol. The highest BCUT2D eigenvalue weighted by Crippen LogP contribution is 2.25. The van der Waals surface area contributed by atoms with Crippen molar-refractivity contribution in [1.82, 2.24) is 15.3 Å². The fourth-order valence-corrected chi connectivity index (χ4v) is 3.36. The van der Waals surface area contributed by atoms with E-state index in [1.165, 1.54) is 11.1 Å². The number of hydrogen-bond donors (Lipinski definition) is 2. The summed E-state index contributed by atoms with van der Waals surface area (Å²) in [7, 11) is 0. The van der Waals surface area contributed by atoms with Gasteiger partial charge in [-0.15, -0.1) is 0 Å². The first-order valence-corrected chi connectivity index (χ1v) is 9.63. The molecule has 0 aliphatic rings. The van der Waals surface area contributed by atoms with Crippen LogP contribution >= 0.6 is 11.6 Å². The number of halogens is 1. The Kier molecular flexibility index (Phi) is 5.80. The zero-order valence-corrected chi connectivity index (χ0v) is 16.2. The SMILES string of the molecule is Clc1ccc2c(NCc3ccccc3CNCc3ccccn3)ccnc2c1. The minimum absolute atomic E-state index is 0.696. The molecular weight excluding hydrogens is 368 g/mol. The molecule has 0 aliphatic heterocycles. The molecule has 2 aromatic heterocycles. The molecule has 4 rings (SSSR count). The summed E-state index contributed by atoms with van der Waals surface area (Å²) in [5, 5.41) is 8.79. The van der Waals surface area contributed by atoms with Gasteiger partial charge in [0.1, 0.15) is 0 Å². The van der Waals surface area contributed by atoms with Crippen molar-refractivity contribution in [3.05, 3.63) is 101 Å². The van der Waals surface area contributed by atoms with E-state index in [1.54, 1.807) is 6.20 Å². The molecule has 0 spiro atoms. The Morgan fingerprint density at radius 3 is 2.39 bits per heavy atom. The molecule has 2 heterocycles. The van der Waals surface area contributed by atoms with Gasteiger partial charge in [0, 0.05) is 48.1 Å². The van der Waals surface area contributed by atoms with Gasteiger partial charge < -0.3 is 10.6 Å². The maximum Gasteiger partial charge on any atom is 0.0737 e.